The quantitative estimate of drug-likeness (QED) is 0.319. The Bertz CT molecular complexity index is 6.85. The summed E-state index contributed by atoms with van der Waals surface area (Å²) in [5, 5.41) is 0. The smallest absolute Gasteiger partial charge is 0.358 e. The van der Waals surface area contributed by atoms with Crippen LogP contribution in [-0.2, 0) is 17.1 Å². The molecule has 0 nitrogen and oxygen atoms in total. The third-order valence-electron chi connectivity index (χ3n) is 0. The minimum absolute atomic E-state index is 0. The fraction of sp³-hybridized carbons (Fsp3) is 0. The first-order chi connectivity index (χ1) is 0. The van der Waals surface area contributed by atoms with Crippen LogP contribution >= 0.6 is 0 Å². The van der Waals surface area contributed by atoms with Crippen LogP contribution in [0.25, 0.3) is 0 Å². The maximum atomic E-state index is 0. The second-order valence-electron chi connectivity index (χ2n) is 0. The van der Waals surface area contributed by atoms with E-state index in [2.05, 4.69) is 0 Å². The third-order valence-corrected chi connectivity index (χ3v) is 0. The third kappa shape index (κ3) is 39.9. The van der Waals surface area contributed by atoms with Crippen LogP contribution in [0.1, 0.15) is 0 Å². The van der Waals surface area contributed by atoms with E-state index < -0.39 is 0 Å². The van der Waals surface area contributed by atoms with E-state index >= 15 is 0 Å². The van der Waals surface area contributed by atoms with Crippen molar-refractivity contribution in [2.75, 3.05) is 0 Å². The predicted octanol–water partition coefficient (Wildman–Crippen LogP) is 0.968. The molecule has 0 saturated carbocycles. The monoisotopic (exact) mass is 107 g/mol. The molecule has 2 heteroatoms. The first-order valence-corrected chi connectivity index (χ1v) is 0. The molecule has 0 bridgehead atoms. The van der Waals surface area contributed by atoms with Crippen LogP contribution in [0.2, 0.25) is 0 Å². The van der Waals surface area contributed by atoms with Crippen molar-refractivity contribution >= 4 is 18.9 Å². The predicted molar refractivity (Wildman–Crippen MR) is 25.0 cm³/mol. The van der Waals surface area contributed by atoms with E-state index in [1.54, 1.807) is 0 Å². The van der Waals surface area contributed by atoms with E-state index in [4.69, 9.17) is 0 Å². The van der Waals surface area contributed by atoms with Crippen molar-refractivity contribution in [2.24, 2.45) is 0 Å². The zero-order valence-corrected chi connectivity index (χ0v) is 5.56. The van der Waals surface area contributed by atoms with Gasteiger partial charge in [-0.05, 0) is 0 Å². The van der Waals surface area contributed by atoms with Gasteiger partial charge >= 0.3 is 17.1 Å². The van der Waals surface area contributed by atoms with Crippen LogP contribution < -0.4 is 0 Å². The minimum atomic E-state index is 0. The molecule has 0 spiro atoms. The molecular formula is C3H9LiMn. The Balaban J connectivity index is 0. The van der Waals surface area contributed by atoms with E-state index in [0.29, 0.717) is 0 Å². The summed E-state index contributed by atoms with van der Waals surface area (Å²) in [6.45, 7) is 0. The SMILES string of the molecule is [CH3-].[CH3-].[CH3-].[Li].[Mn+3]. The second-order valence-corrected chi connectivity index (χ2v) is 0. The molecular weight excluding hydrogens is 97.9 g/mol. The molecule has 0 aliphatic heterocycles. The minimum Gasteiger partial charge on any atom is -0.358 e. The average molecular weight is 107 g/mol. The van der Waals surface area contributed by atoms with Gasteiger partial charge in [0.25, 0.3) is 0 Å². The normalized spacial score (nSPS) is 0. The molecule has 0 fully saturated rings. The molecule has 0 aromatic rings. The summed E-state index contributed by atoms with van der Waals surface area (Å²) in [7, 11) is 0. The molecule has 0 heterocycles. The van der Waals surface area contributed by atoms with Gasteiger partial charge in [0.2, 0.25) is 0 Å². The molecule has 1 radical (unpaired) electrons. The topological polar surface area (TPSA) is 0 Å². The van der Waals surface area contributed by atoms with Gasteiger partial charge in [0.15, 0.2) is 0 Å². The van der Waals surface area contributed by atoms with Gasteiger partial charge in [0.05, 0.1) is 0 Å². The van der Waals surface area contributed by atoms with Crippen LogP contribution in [-0.4, -0.2) is 18.9 Å². The van der Waals surface area contributed by atoms with Crippen molar-refractivity contribution in [3.63, 3.8) is 0 Å². The van der Waals surface area contributed by atoms with Gasteiger partial charge < -0.3 is 22.3 Å². The van der Waals surface area contributed by atoms with Gasteiger partial charge in [-0.1, -0.05) is 0 Å². The summed E-state index contributed by atoms with van der Waals surface area (Å²) in [4.78, 5) is 0. The van der Waals surface area contributed by atoms with Crippen LogP contribution in [0.3, 0.4) is 0 Å². The molecule has 0 N–H and O–H groups in total. The van der Waals surface area contributed by atoms with Gasteiger partial charge in [-0.2, -0.15) is 0 Å². The Morgan fingerprint density at radius 1 is 0.600 bits per heavy atom. The second kappa shape index (κ2) is 69.5. The van der Waals surface area contributed by atoms with Crippen molar-refractivity contribution in [1.29, 1.82) is 0 Å². The molecule has 29 valence electrons. The fourth-order valence-electron chi connectivity index (χ4n) is 0. The molecule has 0 aliphatic rings. The van der Waals surface area contributed by atoms with E-state index in [-0.39, 0.29) is 58.2 Å². The van der Waals surface area contributed by atoms with Crippen LogP contribution in [0.4, 0.5) is 0 Å². The van der Waals surface area contributed by atoms with E-state index in [1.807, 2.05) is 0 Å². The average Bonchev–Trinajstić information content (AvgIpc) is 0. The summed E-state index contributed by atoms with van der Waals surface area (Å²) in [5.41, 5.74) is 0. The van der Waals surface area contributed by atoms with Crippen molar-refractivity contribution in [1.82, 2.24) is 0 Å². The first-order valence-electron chi connectivity index (χ1n) is 0. The first kappa shape index (κ1) is 128. The Morgan fingerprint density at radius 2 is 0.600 bits per heavy atom. The Hall–Kier alpha value is 1.12. The maximum Gasteiger partial charge on any atom is 3.00 e. The zero-order chi connectivity index (χ0) is 0. The van der Waals surface area contributed by atoms with Gasteiger partial charge in [0.1, 0.15) is 0 Å². The van der Waals surface area contributed by atoms with Gasteiger partial charge in [0, 0.05) is 18.9 Å². The van der Waals surface area contributed by atoms with E-state index in [9.17, 15) is 0 Å². The Labute approximate surface area is 58.4 Å². The fourth-order valence-corrected chi connectivity index (χ4v) is 0. The number of rotatable bonds is 0. The molecule has 5 heavy (non-hydrogen) atoms. The molecule has 0 rings (SSSR count). The number of hydrogen-bond acceptors (Lipinski definition) is 0. The van der Waals surface area contributed by atoms with Crippen LogP contribution in [0, 0.1) is 22.3 Å². The molecule has 0 aromatic heterocycles. The molecule has 0 saturated heterocycles. The molecule has 0 amide bonds. The molecule has 0 aliphatic carbocycles. The van der Waals surface area contributed by atoms with Gasteiger partial charge in [-0.25, -0.2) is 0 Å². The van der Waals surface area contributed by atoms with E-state index in [0.717, 1.165) is 0 Å². The number of hydrogen-bond donors (Lipinski definition) is 0. The van der Waals surface area contributed by atoms with E-state index in [1.165, 1.54) is 0 Å². The summed E-state index contributed by atoms with van der Waals surface area (Å²) in [6.07, 6.45) is 0. The molecule has 0 aromatic carbocycles. The van der Waals surface area contributed by atoms with Gasteiger partial charge in [-0.3, -0.25) is 0 Å². The standard InChI is InChI=1S/3CH3.Li.Mn/h3*1H3;;/q3*-1;;+3. The summed E-state index contributed by atoms with van der Waals surface area (Å²) in [5.74, 6) is 0. The van der Waals surface area contributed by atoms with Crippen LogP contribution in [0.15, 0.2) is 0 Å². The summed E-state index contributed by atoms with van der Waals surface area (Å²) >= 11 is 0. The molecule has 0 unspecified atom stereocenters. The van der Waals surface area contributed by atoms with Crippen molar-refractivity contribution in [3.8, 4) is 0 Å². The summed E-state index contributed by atoms with van der Waals surface area (Å²) in [6, 6.07) is 0. The van der Waals surface area contributed by atoms with Gasteiger partial charge in [-0.15, -0.1) is 0 Å². The Morgan fingerprint density at radius 3 is 0.600 bits per heavy atom. The van der Waals surface area contributed by atoms with Crippen LogP contribution in [0.5, 0.6) is 0 Å². The maximum absolute atomic E-state index is 0. The van der Waals surface area contributed by atoms with Crippen molar-refractivity contribution in [3.05, 3.63) is 22.3 Å². The zero-order valence-electron chi connectivity index (χ0n) is 4.38. The summed E-state index contributed by atoms with van der Waals surface area (Å²) < 4.78 is 0. The Kier molecular flexibility index (Phi) is 1790. The van der Waals surface area contributed by atoms with Crippen molar-refractivity contribution < 1.29 is 17.1 Å². The largest absolute Gasteiger partial charge is 3.00 e. The molecule has 0 atom stereocenters. The van der Waals surface area contributed by atoms with Crippen molar-refractivity contribution in [2.45, 2.75) is 0 Å².